The first-order chi connectivity index (χ1) is 10.1. The van der Waals surface area contributed by atoms with Crippen molar-refractivity contribution in [2.75, 3.05) is 6.61 Å². The van der Waals surface area contributed by atoms with Crippen molar-refractivity contribution in [1.29, 1.82) is 0 Å². The van der Waals surface area contributed by atoms with E-state index in [1.165, 1.54) is 12.1 Å². The van der Waals surface area contributed by atoms with Gasteiger partial charge in [0.25, 0.3) is 0 Å². The van der Waals surface area contributed by atoms with Crippen molar-refractivity contribution < 1.29 is 13.9 Å². The van der Waals surface area contributed by atoms with Crippen LogP contribution in [0, 0.1) is 12.7 Å². The van der Waals surface area contributed by atoms with E-state index in [9.17, 15) is 9.18 Å². The minimum Gasteiger partial charge on any atom is -0.493 e. The third-order valence-electron chi connectivity index (χ3n) is 4.00. The number of ether oxygens (including phenoxy) is 1. The normalized spacial score (nSPS) is 17.0. The number of hydrogen-bond donors (Lipinski definition) is 0. The highest BCUT2D eigenvalue weighted by Crippen LogP contribution is 2.36. The molecule has 0 N–H and O–H groups in total. The molecule has 21 heavy (non-hydrogen) atoms. The highest BCUT2D eigenvalue weighted by Gasteiger charge is 2.24. The zero-order chi connectivity index (χ0) is 14.8. The zero-order valence-electron chi connectivity index (χ0n) is 11.9. The summed E-state index contributed by atoms with van der Waals surface area (Å²) in [4.78, 5) is 12.5. The van der Waals surface area contributed by atoms with Crippen LogP contribution in [0.5, 0.6) is 5.75 Å². The SMILES string of the molecule is Cc1cc(F)ccc1C(=O)CC1CCOc2ccccc21. The van der Waals surface area contributed by atoms with Gasteiger partial charge >= 0.3 is 0 Å². The van der Waals surface area contributed by atoms with E-state index in [1.807, 2.05) is 24.3 Å². The van der Waals surface area contributed by atoms with Crippen molar-refractivity contribution in [2.45, 2.75) is 25.7 Å². The van der Waals surface area contributed by atoms with Gasteiger partial charge in [0.15, 0.2) is 5.78 Å². The number of ketones is 1. The van der Waals surface area contributed by atoms with Crippen LogP contribution in [0.15, 0.2) is 42.5 Å². The van der Waals surface area contributed by atoms with Crippen LogP contribution in [0.4, 0.5) is 4.39 Å². The summed E-state index contributed by atoms with van der Waals surface area (Å²) in [5.41, 5.74) is 2.40. The lowest BCUT2D eigenvalue weighted by Crippen LogP contribution is -2.17. The molecule has 3 heteroatoms. The molecule has 2 nitrogen and oxygen atoms in total. The second-order valence-corrected chi connectivity index (χ2v) is 5.46. The van der Waals surface area contributed by atoms with Crippen LogP contribution in [0.2, 0.25) is 0 Å². The van der Waals surface area contributed by atoms with Gasteiger partial charge in [-0.3, -0.25) is 4.79 Å². The van der Waals surface area contributed by atoms with Crippen molar-refractivity contribution in [2.24, 2.45) is 0 Å². The summed E-state index contributed by atoms with van der Waals surface area (Å²) in [7, 11) is 0. The number of rotatable bonds is 3. The van der Waals surface area contributed by atoms with E-state index >= 15 is 0 Å². The lowest BCUT2D eigenvalue weighted by molar-refractivity contribution is 0.0965. The summed E-state index contributed by atoms with van der Waals surface area (Å²) in [6, 6.07) is 12.2. The number of halogens is 1. The predicted molar refractivity (Wildman–Crippen MR) is 79.4 cm³/mol. The predicted octanol–water partition coefficient (Wildman–Crippen LogP) is 4.27. The molecule has 0 aliphatic carbocycles. The first kappa shape index (κ1) is 13.8. The van der Waals surface area contributed by atoms with Gasteiger partial charge in [0, 0.05) is 12.0 Å². The van der Waals surface area contributed by atoms with E-state index < -0.39 is 0 Å². The number of benzene rings is 2. The largest absolute Gasteiger partial charge is 0.493 e. The van der Waals surface area contributed by atoms with Crippen molar-refractivity contribution in [3.63, 3.8) is 0 Å². The first-order valence-electron chi connectivity index (χ1n) is 7.16. The molecule has 0 amide bonds. The number of aryl methyl sites for hydroxylation is 1. The summed E-state index contributed by atoms with van der Waals surface area (Å²) in [5.74, 6) is 0.805. The van der Waals surface area contributed by atoms with Crippen molar-refractivity contribution in [1.82, 2.24) is 0 Å². The third kappa shape index (κ3) is 2.82. The molecule has 0 radical (unpaired) electrons. The fourth-order valence-electron chi connectivity index (χ4n) is 2.90. The molecule has 1 unspecified atom stereocenters. The molecule has 0 aromatic heterocycles. The Morgan fingerprint density at radius 3 is 2.90 bits per heavy atom. The topological polar surface area (TPSA) is 26.3 Å². The number of hydrogen-bond acceptors (Lipinski definition) is 2. The number of carbonyl (C=O) groups excluding carboxylic acids is 1. The molecule has 0 fully saturated rings. The molecule has 3 rings (SSSR count). The van der Waals surface area contributed by atoms with Gasteiger partial charge in [-0.2, -0.15) is 0 Å². The number of para-hydroxylation sites is 1. The molecule has 0 bridgehead atoms. The second kappa shape index (κ2) is 5.68. The maximum Gasteiger partial charge on any atom is 0.163 e. The van der Waals surface area contributed by atoms with Gasteiger partial charge in [-0.05, 0) is 54.7 Å². The Morgan fingerprint density at radius 2 is 2.10 bits per heavy atom. The Bertz CT molecular complexity index is 679. The Morgan fingerprint density at radius 1 is 1.29 bits per heavy atom. The van der Waals surface area contributed by atoms with E-state index in [0.29, 0.717) is 24.2 Å². The summed E-state index contributed by atoms with van der Waals surface area (Å²) >= 11 is 0. The molecule has 0 saturated carbocycles. The molecule has 1 heterocycles. The van der Waals surface area contributed by atoms with Crippen LogP contribution < -0.4 is 4.74 Å². The minimum absolute atomic E-state index is 0.0641. The zero-order valence-corrected chi connectivity index (χ0v) is 11.9. The molecule has 108 valence electrons. The van der Waals surface area contributed by atoms with E-state index in [1.54, 1.807) is 13.0 Å². The van der Waals surface area contributed by atoms with Crippen LogP contribution in [-0.4, -0.2) is 12.4 Å². The molecule has 1 atom stereocenters. The lowest BCUT2D eigenvalue weighted by atomic mass is 9.86. The van der Waals surface area contributed by atoms with Crippen molar-refractivity contribution >= 4 is 5.78 Å². The van der Waals surface area contributed by atoms with Crippen LogP contribution >= 0.6 is 0 Å². The van der Waals surface area contributed by atoms with Crippen LogP contribution in [0.3, 0.4) is 0 Å². The van der Waals surface area contributed by atoms with Gasteiger partial charge in [0.05, 0.1) is 6.61 Å². The summed E-state index contributed by atoms with van der Waals surface area (Å²) in [6.07, 6.45) is 1.27. The van der Waals surface area contributed by atoms with Crippen LogP contribution in [-0.2, 0) is 0 Å². The molecule has 1 aliphatic heterocycles. The Balaban J connectivity index is 1.83. The van der Waals surface area contributed by atoms with E-state index in [4.69, 9.17) is 4.74 Å². The third-order valence-corrected chi connectivity index (χ3v) is 4.00. The maximum atomic E-state index is 13.1. The number of Topliss-reactive ketones (excluding diaryl/α,β-unsaturated/α-hetero) is 1. The monoisotopic (exact) mass is 284 g/mol. The van der Waals surface area contributed by atoms with Gasteiger partial charge < -0.3 is 4.74 Å². The Kier molecular flexibility index (Phi) is 3.74. The summed E-state index contributed by atoms with van der Waals surface area (Å²) in [6.45, 7) is 2.41. The van der Waals surface area contributed by atoms with E-state index in [-0.39, 0.29) is 17.5 Å². The van der Waals surface area contributed by atoms with Gasteiger partial charge in [-0.15, -0.1) is 0 Å². The van der Waals surface area contributed by atoms with Gasteiger partial charge in [-0.25, -0.2) is 4.39 Å². The molecule has 0 saturated heterocycles. The maximum absolute atomic E-state index is 13.1. The molecular formula is C18H17FO2. The first-order valence-corrected chi connectivity index (χ1v) is 7.16. The Hall–Kier alpha value is -2.16. The minimum atomic E-state index is -0.305. The quantitative estimate of drug-likeness (QED) is 0.787. The fourth-order valence-corrected chi connectivity index (χ4v) is 2.90. The molecule has 1 aliphatic rings. The fraction of sp³-hybridized carbons (Fsp3) is 0.278. The highest BCUT2D eigenvalue weighted by atomic mass is 19.1. The van der Waals surface area contributed by atoms with Crippen LogP contribution in [0.1, 0.15) is 40.2 Å². The van der Waals surface area contributed by atoms with Crippen molar-refractivity contribution in [3.8, 4) is 5.75 Å². The Labute approximate surface area is 123 Å². The average molecular weight is 284 g/mol. The number of carbonyl (C=O) groups is 1. The van der Waals surface area contributed by atoms with Crippen molar-refractivity contribution in [3.05, 3.63) is 65.0 Å². The van der Waals surface area contributed by atoms with Crippen LogP contribution in [0.25, 0.3) is 0 Å². The van der Waals surface area contributed by atoms with Gasteiger partial charge in [0.1, 0.15) is 11.6 Å². The average Bonchev–Trinajstić information content (AvgIpc) is 2.47. The lowest BCUT2D eigenvalue weighted by Gasteiger charge is -2.25. The second-order valence-electron chi connectivity index (χ2n) is 5.46. The van der Waals surface area contributed by atoms with E-state index in [2.05, 4.69) is 0 Å². The van der Waals surface area contributed by atoms with Gasteiger partial charge in [0.2, 0.25) is 0 Å². The smallest absolute Gasteiger partial charge is 0.163 e. The standard InChI is InChI=1S/C18H17FO2/c1-12-10-14(19)6-7-15(12)17(20)11-13-8-9-21-18-5-3-2-4-16(13)18/h2-7,10,13H,8-9,11H2,1H3. The van der Waals surface area contributed by atoms with E-state index in [0.717, 1.165) is 17.7 Å². The summed E-state index contributed by atoms with van der Waals surface area (Å²) < 4.78 is 18.8. The highest BCUT2D eigenvalue weighted by molar-refractivity contribution is 5.97. The molecular weight excluding hydrogens is 267 g/mol. The number of fused-ring (bicyclic) bond motifs is 1. The molecule has 2 aromatic carbocycles. The molecule has 0 spiro atoms. The summed E-state index contributed by atoms with van der Waals surface area (Å²) in [5, 5.41) is 0. The van der Waals surface area contributed by atoms with Gasteiger partial charge in [-0.1, -0.05) is 18.2 Å². The molecule has 2 aromatic rings.